The number of aryl methyl sites for hydroxylation is 1. The van der Waals surface area contributed by atoms with E-state index in [9.17, 15) is 18.5 Å². The van der Waals surface area contributed by atoms with Crippen molar-refractivity contribution in [3.05, 3.63) is 106 Å². The summed E-state index contributed by atoms with van der Waals surface area (Å²) < 4.78 is 43.2. The van der Waals surface area contributed by atoms with Crippen molar-refractivity contribution in [1.82, 2.24) is 14.8 Å². The quantitative estimate of drug-likeness (QED) is 0.217. The number of halogens is 2. The van der Waals surface area contributed by atoms with Crippen LogP contribution < -0.4 is 5.14 Å². The highest BCUT2D eigenvalue weighted by Crippen LogP contribution is 2.46. The number of hydrogen-bond acceptors (Lipinski definition) is 5. The molecule has 1 saturated carbocycles. The zero-order chi connectivity index (χ0) is 28.8. The van der Waals surface area contributed by atoms with Crippen LogP contribution in [0.3, 0.4) is 0 Å². The smallest absolute Gasteiger partial charge is 0.355 e. The molecule has 5 aromatic rings. The third-order valence-corrected chi connectivity index (χ3v) is 8.66. The van der Waals surface area contributed by atoms with Crippen molar-refractivity contribution in [2.75, 3.05) is 0 Å². The fourth-order valence-corrected chi connectivity index (χ4v) is 6.11. The van der Waals surface area contributed by atoms with Gasteiger partial charge in [0, 0.05) is 34.4 Å². The molecule has 7 nitrogen and oxygen atoms in total. The summed E-state index contributed by atoms with van der Waals surface area (Å²) >= 11 is 1.17. The van der Waals surface area contributed by atoms with Crippen LogP contribution in [0.4, 0.5) is 8.78 Å². The van der Waals surface area contributed by atoms with E-state index in [-0.39, 0.29) is 28.7 Å². The van der Waals surface area contributed by atoms with Gasteiger partial charge in [0.05, 0.1) is 16.3 Å². The SMILES string of the molecule is Cc1ccc(-c2cc(-c3nn(-c4nc(C(=O)O)cs4)c(C4CC4)c3Cc3ccc(S(N)=O)c(F)c3)ccc2F)cc1. The van der Waals surface area contributed by atoms with Crippen LogP contribution in [0.2, 0.25) is 0 Å². The third-order valence-electron chi connectivity index (χ3n) is 7.08. The van der Waals surface area contributed by atoms with Crippen molar-refractivity contribution in [1.29, 1.82) is 0 Å². The van der Waals surface area contributed by atoms with Gasteiger partial charge in [-0.15, -0.1) is 11.3 Å². The molecule has 41 heavy (non-hydrogen) atoms. The molecule has 0 amide bonds. The first-order chi connectivity index (χ1) is 19.7. The van der Waals surface area contributed by atoms with E-state index >= 15 is 4.39 Å². The van der Waals surface area contributed by atoms with Gasteiger partial charge in [-0.2, -0.15) is 5.10 Å². The highest BCUT2D eigenvalue weighted by molar-refractivity contribution is 7.82. The average molecular weight is 591 g/mol. The van der Waals surface area contributed by atoms with Gasteiger partial charge in [-0.25, -0.2) is 32.6 Å². The van der Waals surface area contributed by atoms with Crippen molar-refractivity contribution < 1.29 is 22.9 Å². The summed E-state index contributed by atoms with van der Waals surface area (Å²) in [4.78, 5) is 15.8. The number of thiazole rings is 1. The Labute approximate surface area is 240 Å². The summed E-state index contributed by atoms with van der Waals surface area (Å²) in [6.07, 6.45) is 2.10. The second-order valence-corrected chi connectivity index (χ2v) is 11.9. The topological polar surface area (TPSA) is 111 Å². The molecule has 1 atom stereocenters. The molecule has 0 bridgehead atoms. The first kappa shape index (κ1) is 27.1. The minimum atomic E-state index is -1.96. The molecule has 2 heterocycles. The van der Waals surface area contributed by atoms with Crippen LogP contribution in [0, 0.1) is 18.6 Å². The van der Waals surface area contributed by atoms with Crippen LogP contribution in [-0.4, -0.2) is 30.0 Å². The molecular formula is C30H24F2N4O3S2. The van der Waals surface area contributed by atoms with Crippen molar-refractivity contribution >= 4 is 28.3 Å². The minimum absolute atomic E-state index is 0.0822. The number of carbonyl (C=O) groups is 1. The van der Waals surface area contributed by atoms with Gasteiger partial charge in [0.25, 0.3) is 0 Å². The number of aromatic nitrogens is 3. The number of benzene rings is 3. The number of aromatic carboxylic acids is 1. The second-order valence-electron chi connectivity index (χ2n) is 10.0. The number of carboxylic acids is 1. The van der Waals surface area contributed by atoms with Gasteiger partial charge in [-0.3, -0.25) is 0 Å². The molecule has 1 aliphatic carbocycles. The van der Waals surface area contributed by atoms with E-state index in [1.54, 1.807) is 22.9 Å². The summed E-state index contributed by atoms with van der Waals surface area (Å²) in [5, 5.41) is 21.6. The highest BCUT2D eigenvalue weighted by atomic mass is 32.2. The van der Waals surface area contributed by atoms with Crippen molar-refractivity contribution in [2.24, 2.45) is 5.14 Å². The van der Waals surface area contributed by atoms with Gasteiger partial charge in [-0.1, -0.05) is 35.9 Å². The molecule has 0 saturated heterocycles. The van der Waals surface area contributed by atoms with Gasteiger partial charge >= 0.3 is 5.97 Å². The molecule has 208 valence electrons. The van der Waals surface area contributed by atoms with Gasteiger partial charge < -0.3 is 5.11 Å². The van der Waals surface area contributed by atoms with Crippen molar-refractivity contribution in [3.63, 3.8) is 0 Å². The van der Waals surface area contributed by atoms with Crippen molar-refractivity contribution in [2.45, 2.75) is 37.0 Å². The molecule has 1 unspecified atom stereocenters. The lowest BCUT2D eigenvalue weighted by atomic mass is 9.95. The molecule has 6 rings (SSSR count). The highest BCUT2D eigenvalue weighted by Gasteiger charge is 2.34. The maximum atomic E-state index is 15.1. The minimum Gasteiger partial charge on any atom is -0.476 e. The molecule has 0 aliphatic heterocycles. The fourth-order valence-electron chi connectivity index (χ4n) is 4.90. The number of nitrogens with zero attached hydrogens (tertiary/aromatic N) is 3. The number of carboxylic acid groups (broad SMARTS) is 1. The lowest BCUT2D eigenvalue weighted by molar-refractivity contribution is 0.0691. The van der Waals surface area contributed by atoms with Crippen LogP contribution in [0.25, 0.3) is 27.5 Å². The first-order valence-corrected chi connectivity index (χ1v) is 14.9. The van der Waals surface area contributed by atoms with Gasteiger partial charge in [-0.05, 0) is 61.2 Å². The van der Waals surface area contributed by atoms with E-state index in [0.717, 1.165) is 35.2 Å². The first-order valence-electron chi connectivity index (χ1n) is 12.8. The van der Waals surface area contributed by atoms with E-state index in [2.05, 4.69) is 4.98 Å². The zero-order valence-corrected chi connectivity index (χ0v) is 23.4. The van der Waals surface area contributed by atoms with E-state index in [1.807, 2.05) is 31.2 Å². The predicted molar refractivity (Wildman–Crippen MR) is 154 cm³/mol. The Kier molecular flexibility index (Phi) is 7.10. The lowest BCUT2D eigenvalue weighted by Crippen LogP contribution is -2.06. The molecule has 2 aromatic heterocycles. The Hall–Kier alpha value is -4.06. The monoisotopic (exact) mass is 590 g/mol. The second kappa shape index (κ2) is 10.7. The van der Waals surface area contributed by atoms with Crippen LogP contribution in [0.15, 0.2) is 70.9 Å². The van der Waals surface area contributed by atoms with Crippen LogP contribution >= 0.6 is 11.3 Å². The average Bonchev–Trinajstić information content (AvgIpc) is 3.52. The summed E-state index contributed by atoms with van der Waals surface area (Å²) in [5.74, 6) is -2.03. The lowest BCUT2D eigenvalue weighted by Gasteiger charge is -2.10. The summed E-state index contributed by atoms with van der Waals surface area (Å²) in [6.45, 7) is 1.96. The number of hydrogen-bond donors (Lipinski definition) is 2. The Morgan fingerprint density at radius 1 is 1.07 bits per heavy atom. The zero-order valence-electron chi connectivity index (χ0n) is 21.8. The molecule has 0 spiro atoms. The normalized spacial score (nSPS) is 13.9. The molecule has 11 heteroatoms. The van der Waals surface area contributed by atoms with Gasteiger partial charge in [0.1, 0.15) is 22.6 Å². The molecule has 3 aromatic carbocycles. The maximum absolute atomic E-state index is 15.1. The maximum Gasteiger partial charge on any atom is 0.355 e. The molecule has 1 aliphatic rings. The Balaban J connectivity index is 1.54. The van der Waals surface area contributed by atoms with Crippen LogP contribution in [-0.2, 0) is 17.4 Å². The summed E-state index contributed by atoms with van der Waals surface area (Å²) in [6, 6.07) is 16.8. The van der Waals surface area contributed by atoms with Crippen LogP contribution in [0.1, 0.15) is 51.6 Å². The Bertz CT molecular complexity index is 1830. The molecule has 1 fully saturated rings. The standard InChI is InChI=1S/C30H24F2N4O3S2/c1-16-2-5-18(6-3-16)21-14-20(9-10-23(21)31)27-22(12-17-4-11-26(41(33)39)24(32)13-17)28(19-7-8-19)36(35-27)30-34-25(15-40-30)29(37)38/h2-6,9-11,13-15,19H,7-8,12,33H2,1H3,(H,37,38). The van der Waals surface area contributed by atoms with E-state index in [0.29, 0.717) is 27.5 Å². The van der Waals surface area contributed by atoms with E-state index in [1.165, 1.54) is 34.9 Å². The van der Waals surface area contributed by atoms with Crippen LogP contribution in [0.5, 0.6) is 0 Å². The van der Waals surface area contributed by atoms with Crippen molar-refractivity contribution in [3.8, 4) is 27.5 Å². The summed E-state index contributed by atoms with van der Waals surface area (Å²) in [7, 11) is -1.96. The summed E-state index contributed by atoms with van der Waals surface area (Å²) in [5.41, 5.74) is 5.62. The number of rotatable bonds is 8. The Morgan fingerprint density at radius 3 is 2.44 bits per heavy atom. The van der Waals surface area contributed by atoms with E-state index < -0.39 is 22.8 Å². The molecular weight excluding hydrogens is 566 g/mol. The van der Waals surface area contributed by atoms with Gasteiger partial charge in [0.15, 0.2) is 5.69 Å². The molecule has 3 N–H and O–H groups in total. The third kappa shape index (κ3) is 5.35. The molecule has 0 radical (unpaired) electrons. The van der Waals surface area contributed by atoms with E-state index in [4.69, 9.17) is 10.2 Å². The Morgan fingerprint density at radius 2 is 1.80 bits per heavy atom. The van der Waals surface area contributed by atoms with Gasteiger partial charge in [0.2, 0.25) is 5.13 Å². The largest absolute Gasteiger partial charge is 0.476 e. The predicted octanol–water partition coefficient (Wildman–Crippen LogP) is 6.40. The fraction of sp³-hybridized carbons (Fsp3) is 0.167. The number of nitrogens with two attached hydrogens (primary N) is 1.